The second kappa shape index (κ2) is 5.35. The average Bonchev–Trinajstić information content (AvgIpc) is 2.38. The lowest BCUT2D eigenvalue weighted by Crippen LogP contribution is -2.54. The van der Waals surface area contributed by atoms with Crippen molar-refractivity contribution >= 4 is 12.4 Å². The Balaban J connectivity index is 0.00000121. The van der Waals surface area contributed by atoms with Crippen LogP contribution in [0.4, 0.5) is 0 Å². The molecule has 0 aliphatic heterocycles. The third-order valence-electron chi connectivity index (χ3n) is 6.15. The van der Waals surface area contributed by atoms with Crippen LogP contribution in [0, 0.1) is 23.2 Å². The zero-order valence-electron chi connectivity index (χ0n) is 12.3. The Hall–Kier alpha value is -0.530. The van der Waals surface area contributed by atoms with Crippen molar-refractivity contribution in [1.82, 2.24) is 5.32 Å². The van der Waals surface area contributed by atoms with E-state index in [1.807, 2.05) is 0 Å². The molecule has 5 rings (SSSR count). The van der Waals surface area contributed by atoms with Gasteiger partial charge >= 0.3 is 0 Å². The molecule has 1 N–H and O–H groups in total. The molecule has 4 aliphatic rings. The highest BCUT2D eigenvalue weighted by molar-refractivity contribution is 5.85. The Morgan fingerprint density at radius 3 is 2.30 bits per heavy atom. The maximum Gasteiger partial charge on any atom is 0.00110 e. The van der Waals surface area contributed by atoms with E-state index < -0.39 is 0 Å². The fraction of sp³-hybridized carbons (Fsp3) is 0.667. The van der Waals surface area contributed by atoms with Gasteiger partial charge in [-0.05, 0) is 73.8 Å². The summed E-state index contributed by atoms with van der Waals surface area (Å²) in [5, 5.41) is 3.52. The van der Waals surface area contributed by atoms with Gasteiger partial charge in [-0.1, -0.05) is 30.3 Å². The number of hydrogen-bond acceptors (Lipinski definition) is 1. The summed E-state index contributed by atoms with van der Waals surface area (Å²) in [6.45, 7) is 1.22. The van der Waals surface area contributed by atoms with E-state index >= 15 is 0 Å². The van der Waals surface area contributed by atoms with E-state index in [1.54, 1.807) is 5.56 Å². The van der Waals surface area contributed by atoms with Gasteiger partial charge in [0, 0.05) is 6.54 Å². The summed E-state index contributed by atoms with van der Waals surface area (Å²) in [6.07, 6.45) is 7.48. The van der Waals surface area contributed by atoms with Gasteiger partial charge < -0.3 is 5.32 Å². The first kappa shape index (κ1) is 14.4. The highest BCUT2D eigenvalue weighted by Gasteiger charge is 2.56. The molecular weight excluding hydrogens is 266 g/mol. The molecule has 4 fully saturated rings. The van der Waals surface area contributed by atoms with Crippen molar-refractivity contribution in [3.8, 4) is 0 Å². The van der Waals surface area contributed by atoms with Crippen LogP contribution in [0.2, 0.25) is 0 Å². The molecule has 2 heteroatoms. The van der Waals surface area contributed by atoms with E-state index in [0.717, 1.165) is 23.7 Å². The Morgan fingerprint density at radius 2 is 1.70 bits per heavy atom. The van der Waals surface area contributed by atoms with E-state index in [-0.39, 0.29) is 12.4 Å². The summed E-state index contributed by atoms with van der Waals surface area (Å²) in [6, 6.07) is 11.4. The minimum absolute atomic E-state index is 0. The van der Waals surface area contributed by atoms with Crippen molar-refractivity contribution in [3.63, 3.8) is 0 Å². The SMILES string of the molecule is CNCC12CC3CC(CC(C3)C1c1ccccc1)C2.Cl. The van der Waals surface area contributed by atoms with Gasteiger partial charge in [0.15, 0.2) is 0 Å². The van der Waals surface area contributed by atoms with Gasteiger partial charge in [0.25, 0.3) is 0 Å². The Labute approximate surface area is 128 Å². The van der Waals surface area contributed by atoms with E-state index in [0.29, 0.717) is 5.41 Å². The molecule has 0 heterocycles. The predicted molar refractivity (Wildman–Crippen MR) is 86.3 cm³/mol. The molecule has 0 amide bonds. The van der Waals surface area contributed by atoms with Gasteiger partial charge in [0.2, 0.25) is 0 Å². The third kappa shape index (κ3) is 2.10. The molecule has 0 spiro atoms. The van der Waals surface area contributed by atoms with Crippen molar-refractivity contribution in [2.45, 2.75) is 38.0 Å². The molecule has 110 valence electrons. The molecule has 0 radical (unpaired) electrons. The van der Waals surface area contributed by atoms with Gasteiger partial charge in [0.1, 0.15) is 0 Å². The number of halogens is 1. The lowest BCUT2D eigenvalue weighted by atomic mass is 9.44. The van der Waals surface area contributed by atoms with E-state index in [1.165, 1.54) is 38.6 Å². The Kier molecular flexibility index (Phi) is 3.85. The quantitative estimate of drug-likeness (QED) is 0.878. The van der Waals surface area contributed by atoms with Crippen molar-refractivity contribution in [1.29, 1.82) is 0 Å². The Bertz CT molecular complexity index is 444. The number of benzene rings is 1. The van der Waals surface area contributed by atoms with E-state index in [9.17, 15) is 0 Å². The van der Waals surface area contributed by atoms with Gasteiger partial charge in [-0.15, -0.1) is 12.4 Å². The first-order valence-corrected chi connectivity index (χ1v) is 8.00. The number of rotatable bonds is 3. The van der Waals surface area contributed by atoms with Crippen LogP contribution in [0.1, 0.15) is 43.6 Å². The molecule has 3 unspecified atom stereocenters. The van der Waals surface area contributed by atoms with Crippen LogP contribution >= 0.6 is 12.4 Å². The number of nitrogens with one attached hydrogen (secondary N) is 1. The predicted octanol–water partition coefficient (Wildman–Crippen LogP) is 4.24. The minimum atomic E-state index is 0. The lowest BCUT2D eigenvalue weighted by Gasteiger charge is -2.61. The van der Waals surface area contributed by atoms with Crippen LogP contribution in [0.15, 0.2) is 30.3 Å². The van der Waals surface area contributed by atoms with Crippen molar-refractivity contribution < 1.29 is 0 Å². The zero-order valence-corrected chi connectivity index (χ0v) is 13.2. The topological polar surface area (TPSA) is 12.0 Å². The van der Waals surface area contributed by atoms with Crippen LogP contribution in [0.5, 0.6) is 0 Å². The molecule has 1 nitrogen and oxygen atoms in total. The summed E-state index contributed by atoms with van der Waals surface area (Å²) >= 11 is 0. The fourth-order valence-corrected chi connectivity index (χ4v) is 6.10. The summed E-state index contributed by atoms with van der Waals surface area (Å²) in [5.74, 6) is 3.84. The van der Waals surface area contributed by atoms with E-state index in [4.69, 9.17) is 0 Å². The lowest BCUT2D eigenvalue weighted by molar-refractivity contribution is -0.0733. The minimum Gasteiger partial charge on any atom is -0.319 e. The first-order valence-electron chi connectivity index (χ1n) is 8.00. The maximum atomic E-state index is 3.52. The molecule has 1 aromatic rings. The van der Waals surface area contributed by atoms with Gasteiger partial charge in [0.05, 0.1) is 0 Å². The molecule has 0 aromatic heterocycles. The van der Waals surface area contributed by atoms with Crippen molar-refractivity contribution in [2.24, 2.45) is 23.2 Å². The van der Waals surface area contributed by atoms with Crippen LogP contribution in [-0.4, -0.2) is 13.6 Å². The number of hydrogen-bond donors (Lipinski definition) is 1. The van der Waals surface area contributed by atoms with Crippen LogP contribution in [0.25, 0.3) is 0 Å². The summed E-state index contributed by atoms with van der Waals surface area (Å²) < 4.78 is 0. The maximum absolute atomic E-state index is 3.52. The van der Waals surface area contributed by atoms with Crippen molar-refractivity contribution in [3.05, 3.63) is 35.9 Å². The largest absolute Gasteiger partial charge is 0.319 e. The molecule has 1 aromatic carbocycles. The van der Waals surface area contributed by atoms with Crippen molar-refractivity contribution in [2.75, 3.05) is 13.6 Å². The molecule has 20 heavy (non-hydrogen) atoms. The zero-order chi connectivity index (χ0) is 12.9. The second-order valence-electron chi connectivity index (χ2n) is 7.39. The van der Waals surface area contributed by atoms with Gasteiger partial charge in [-0.2, -0.15) is 0 Å². The molecule has 0 saturated heterocycles. The summed E-state index contributed by atoms with van der Waals surface area (Å²) in [5.41, 5.74) is 2.17. The first-order chi connectivity index (χ1) is 9.31. The van der Waals surface area contributed by atoms with Crippen LogP contribution in [-0.2, 0) is 0 Å². The average molecular weight is 292 g/mol. The van der Waals surface area contributed by atoms with Gasteiger partial charge in [-0.3, -0.25) is 0 Å². The summed E-state index contributed by atoms with van der Waals surface area (Å²) in [4.78, 5) is 0. The molecule has 4 aliphatic carbocycles. The standard InChI is InChI=1S/C18H25N.ClH/c1-19-12-18-10-13-7-14(11-18)9-16(8-13)17(18)15-5-3-2-4-6-15;/h2-6,13-14,16-17,19H,7-12H2,1H3;1H. The fourth-order valence-electron chi connectivity index (χ4n) is 6.10. The van der Waals surface area contributed by atoms with E-state index in [2.05, 4.69) is 42.7 Å². The second-order valence-corrected chi connectivity index (χ2v) is 7.39. The third-order valence-corrected chi connectivity index (χ3v) is 6.15. The molecular formula is C18H26ClN. The Morgan fingerprint density at radius 1 is 1.05 bits per heavy atom. The highest BCUT2D eigenvalue weighted by Crippen LogP contribution is 2.65. The molecule has 4 saturated carbocycles. The van der Waals surface area contributed by atoms with Crippen LogP contribution in [0.3, 0.4) is 0 Å². The highest BCUT2D eigenvalue weighted by atomic mass is 35.5. The van der Waals surface area contributed by atoms with Gasteiger partial charge in [-0.25, -0.2) is 0 Å². The smallest absolute Gasteiger partial charge is 0.00110 e. The normalized spacial score (nSPS) is 41.5. The van der Waals surface area contributed by atoms with Crippen LogP contribution < -0.4 is 5.32 Å². The summed E-state index contributed by atoms with van der Waals surface area (Å²) in [7, 11) is 2.14. The monoisotopic (exact) mass is 291 g/mol. The molecule has 3 atom stereocenters. The molecule has 4 bridgehead atoms.